The molecular weight excluding hydrogens is 156 g/mol. The maximum atomic E-state index is 5.28. The van der Waals surface area contributed by atoms with Crippen molar-refractivity contribution >= 4 is 10.0 Å². The van der Waals surface area contributed by atoms with Gasteiger partial charge in [-0.15, -0.1) is 0 Å². The molecule has 0 aliphatic heterocycles. The van der Waals surface area contributed by atoms with E-state index in [1.165, 1.54) is 12.8 Å². The molecule has 0 spiro atoms. The highest BCUT2D eigenvalue weighted by atomic mass is 28.3. The molecule has 0 aromatic heterocycles. The molecule has 0 aliphatic carbocycles. The van der Waals surface area contributed by atoms with Crippen LogP contribution in [0, 0.1) is 0 Å². The Hall–Kier alpha value is 0.137. The minimum atomic E-state index is -0.189. The maximum absolute atomic E-state index is 5.28. The highest BCUT2D eigenvalue weighted by molar-refractivity contribution is 6.17. The molecule has 0 saturated heterocycles. The molecule has 0 fully saturated rings. The standard InChI is InChI=1S/C8H19O2Si/c1-3-5-7-9-11-10-8-6-4-2/h11H,3-8H2,1-2H3. The molecule has 0 N–H and O–H groups in total. The maximum Gasteiger partial charge on any atom is 0.364 e. The van der Waals surface area contributed by atoms with Crippen molar-refractivity contribution in [3.05, 3.63) is 0 Å². The molecule has 0 atom stereocenters. The van der Waals surface area contributed by atoms with Crippen molar-refractivity contribution in [1.29, 1.82) is 0 Å². The van der Waals surface area contributed by atoms with Crippen molar-refractivity contribution in [2.24, 2.45) is 0 Å². The smallest absolute Gasteiger partial charge is 0.364 e. The quantitative estimate of drug-likeness (QED) is 0.414. The first-order chi connectivity index (χ1) is 5.41. The van der Waals surface area contributed by atoms with E-state index in [1.54, 1.807) is 0 Å². The monoisotopic (exact) mass is 175 g/mol. The molecule has 1 radical (unpaired) electrons. The lowest BCUT2D eigenvalue weighted by atomic mass is 10.4. The first-order valence-corrected chi connectivity index (χ1v) is 5.41. The third-order valence-electron chi connectivity index (χ3n) is 1.37. The van der Waals surface area contributed by atoms with Gasteiger partial charge in [-0.25, -0.2) is 0 Å². The van der Waals surface area contributed by atoms with Gasteiger partial charge in [-0.1, -0.05) is 26.7 Å². The van der Waals surface area contributed by atoms with Gasteiger partial charge in [0, 0.05) is 13.2 Å². The molecule has 0 aliphatic rings. The molecule has 0 bridgehead atoms. The van der Waals surface area contributed by atoms with Gasteiger partial charge in [-0.2, -0.15) is 0 Å². The van der Waals surface area contributed by atoms with Gasteiger partial charge < -0.3 is 8.85 Å². The Morgan fingerprint density at radius 2 is 1.36 bits per heavy atom. The van der Waals surface area contributed by atoms with E-state index < -0.39 is 0 Å². The van der Waals surface area contributed by atoms with Gasteiger partial charge in [-0.3, -0.25) is 0 Å². The fourth-order valence-corrected chi connectivity index (χ4v) is 1.22. The fourth-order valence-electron chi connectivity index (χ4n) is 0.600. The van der Waals surface area contributed by atoms with Gasteiger partial charge in [0.1, 0.15) is 0 Å². The van der Waals surface area contributed by atoms with Crippen LogP contribution in [0.4, 0.5) is 0 Å². The summed E-state index contributed by atoms with van der Waals surface area (Å²) in [4.78, 5) is 0. The summed E-state index contributed by atoms with van der Waals surface area (Å²) in [5.74, 6) is 0. The average molecular weight is 175 g/mol. The number of hydrogen-bond acceptors (Lipinski definition) is 2. The summed E-state index contributed by atoms with van der Waals surface area (Å²) in [6, 6.07) is 0. The van der Waals surface area contributed by atoms with Crippen LogP contribution in [0.1, 0.15) is 39.5 Å². The molecule has 0 amide bonds. The van der Waals surface area contributed by atoms with E-state index in [-0.39, 0.29) is 10.0 Å². The molecule has 0 saturated carbocycles. The zero-order chi connectivity index (χ0) is 8.36. The highest BCUT2D eigenvalue weighted by Crippen LogP contribution is 1.89. The molecule has 11 heavy (non-hydrogen) atoms. The van der Waals surface area contributed by atoms with Gasteiger partial charge in [-0.05, 0) is 12.8 Å². The van der Waals surface area contributed by atoms with Crippen LogP contribution in [-0.4, -0.2) is 23.2 Å². The summed E-state index contributed by atoms with van der Waals surface area (Å²) < 4.78 is 10.6. The van der Waals surface area contributed by atoms with Crippen LogP contribution < -0.4 is 0 Å². The van der Waals surface area contributed by atoms with Crippen LogP contribution in [0.25, 0.3) is 0 Å². The van der Waals surface area contributed by atoms with Crippen molar-refractivity contribution in [3.8, 4) is 0 Å². The van der Waals surface area contributed by atoms with Gasteiger partial charge in [0.05, 0.1) is 0 Å². The lowest BCUT2D eigenvalue weighted by Crippen LogP contribution is -2.06. The Morgan fingerprint density at radius 1 is 0.909 bits per heavy atom. The molecule has 0 unspecified atom stereocenters. The van der Waals surface area contributed by atoms with E-state index in [0.29, 0.717) is 0 Å². The van der Waals surface area contributed by atoms with Gasteiger partial charge in [0.25, 0.3) is 0 Å². The molecule has 0 aromatic rings. The normalized spacial score (nSPS) is 10.4. The van der Waals surface area contributed by atoms with Gasteiger partial charge in [0.2, 0.25) is 0 Å². The van der Waals surface area contributed by atoms with Crippen LogP contribution >= 0.6 is 0 Å². The third kappa shape index (κ3) is 10.1. The van der Waals surface area contributed by atoms with E-state index in [4.69, 9.17) is 8.85 Å². The Labute approximate surface area is 72.3 Å². The van der Waals surface area contributed by atoms with Crippen LogP contribution in [0.5, 0.6) is 0 Å². The number of rotatable bonds is 8. The first-order valence-electron chi connectivity index (χ1n) is 4.46. The molecule has 67 valence electrons. The van der Waals surface area contributed by atoms with Crippen molar-refractivity contribution < 1.29 is 8.85 Å². The molecule has 0 heterocycles. The highest BCUT2D eigenvalue weighted by Gasteiger charge is 1.89. The molecule has 3 heteroatoms. The molecular formula is C8H19O2Si. The van der Waals surface area contributed by atoms with E-state index in [1.807, 2.05) is 0 Å². The Morgan fingerprint density at radius 3 is 1.73 bits per heavy atom. The summed E-state index contributed by atoms with van der Waals surface area (Å²) in [7, 11) is -0.189. The predicted octanol–water partition coefficient (Wildman–Crippen LogP) is 1.89. The van der Waals surface area contributed by atoms with Crippen LogP contribution in [-0.2, 0) is 8.85 Å². The fraction of sp³-hybridized carbons (Fsp3) is 1.00. The summed E-state index contributed by atoms with van der Waals surface area (Å²) in [6.45, 7) is 6.07. The molecule has 0 rings (SSSR count). The van der Waals surface area contributed by atoms with Crippen molar-refractivity contribution in [3.63, 3.8) is 0 Å². The summed E-state index contributed by atoms with van der Waals surface area (Å²) in [6.07, 6.45) is 4.72. The first kappa shape index (κ1) is 11.1. The minimum Gasteiger partial charge on any atom is -0.396 e. The lowest BCUT2D eigenvalue weighted by molar-refractivity contribution is 0.216. The lowest BCUT2D eigenvalue weighted by Gasteiger charge is -2.02. The second-order valence-corrected chi connectivity index (χ2v) is 3.40. The summed E-state index contributed by atoms with van der Waals surface area (Å²) in [5.41, 5.74) is 0. The SMILES string of the molecule is CCCCO[SiH]OCCCC. The van der Waals surface area contributed by atoms with E-state index in [9.17, 15) is 0 Å². The third-order valence-corrected chi connectivity index (χ3v) is 2.11. The van der Waals surface area contributed by atoms with Crippen LogP contribution in [0.15, 0.2) is 0 Å². The second-order valence-electron chi connectivity index (χ2n) is 2.54. The van der Waals surface area contributed by atoms with Crippen molar-refractivity contribution in [2.45, 2.75) is 39.5 Å². The number of unbranched alkanes of at least 4 members (excludes halogenated alkanes) is 2. The van der Waals surface area contributed by atoms with E-state index in [2.05, 4.69) is 13.8 Å². The zero-order valence-corrected chi connectivity index (χ0v) is 8.79. The van der Waals surface area contributed by atoms with Crippen molar-refractivity contribution in [1.82, 2.24) is 0 Å². The van der Waals surface area contributed by atoms with Gasteiger partial charge >= 0.3 is 10.0 Å². The predicted molar refractivity (Wildman–Crippen MR) is 48.9 cm³/mol. The average Bonchev–Trinajstić information content (AvgIpc) is 2.03. The van der Waals surface area contributed by atoms with Crippen LogP contribution in [0.3, 0.4) is 0 Å². The molecule has 2 nitrogen and oxygen atoms in total. The van der Waals surface area contributed by atoms with E-state index >= 15 is 0 Å². The minimum absolute atomic E-state index is 0.189. The summed E-state index contributed by atoms with van der Waals surface area (Å²) >= 11 is 0. The van der Waals surface area contributed by atoms with Gasteiger partial charge in [0.15, 0.2) is 0 Å². The molecule has 0 aromatic carbocycles. The second kappa shape index (κ2) is 10.1. The number of hydrogen-bond donors (Lipinski definition) is 0. The topological polar surface area (TPSA) is 18.5 Å². The Bertz CT molecular complexity index is 61.1. The van der Waals surface area contributed by atoms with Crippen LogP contribution in [0.2, 0.25) is 0 Å². The zero-order valence-electron chi connectivity index (χ0n) is 7.64. The Kier molecular flexibility index (Phi) is 10.3. The summed E-state index contributed by atoms with van der Waals surface area (Å²) in [5, 5.41) is 0. The van der Waals surface area contributed by atoms with Crippen molar-refractivity contribution in [2.75, 3.05) is 13.2 Å². The Balaban J connectivity index is 2.69. The van der Waals surface area contributed by atoms with E-state index in [0.717, 1.165) is 26.1 Å². The largest absolute Gasteiger partial charge is 0.396 e.